The van der Waals surface area contributed by atoms with Crippen LogP contribution in [0.1, 0.15) is 6.42 Å². The van der Waals surface area contributed by atoms with Gasteiger partial charge in [0, 0.05) is 43.1 Å². The first-order valence-corrected chi connectivity index (χ1v) is 12.5. The summed E-state index contributed by atoms with van der Waals surface area (Å²) >= 11 is 0. The number of azide groups is 1. The molecule has 1 aliphatic rings. The molecule has 0 aliphatic carbocycles. The fourth-order valence-electron chi connectivity index (χ4n) is 2.79. The number of nitrogens with one attached hydrogen (secondary N) is 1. The predicted octanol–water partition coefficient (Wildman–Crippen LogP) is -0.156. The van der Waals surface area contributed by atoms with Gasteiger partial charge in [0.15, 0.2) is 0 Å². The van der Waals surface area contributed by atoms with Crippen molar-refractivity contribution in [2.24, 2.45) is 5.11 Å². The molecule has 0 fully saturated rings. The van der Waals surface area contributed by atoms with Crippen LogP contribution >= 0.6 is 0 Å². The van der Waals surface area contributed by atoms with Gasteiger partial charge >= 0.3 is 0 Å². The van der Waals surface area contributed by atoms with Crippen LogP contribution in [0.5, 0.6) is 0 Å². The molecule has 0 aromatic carbocycles. The first-order valence-electron chi connectivity index (χ1n) is 12.5. The Hall–Kier alpha value is -2.62. The number of nitrogens with zero attached hydrogens (tertiary/aromatic N) is 4. The van der Waals surface area contributed by atoms with Crippen LogP contribution in [0.25, 0.3) is 10.4 Å². The molecule has 216 valence electrons. The van der Waals surface area contributed by atoms with E-state index in [-0.39, 0.29) is 18.9 Å². The summed E-state index contributed by atoms with van der Waals surface area (Å²) in [4.78, 5) is 38.2. The highest BCUT2D eigenvalue weighted by atomic mass is 16.6. The van der Waals surface area contributed by atoms with Crippen molar-refractivity contribution in [3.63, 3.8) is 0 Å². The molecule has 0 saturated carbocycles. The number of carbonyl (C=O) groups excluding carboxylic acids is 3. The molecule has 1 heterocycles. The molecule has 0 aromatic rings. The van der Waals surface area contributed by atoms with Crippen molar-refractivity contribution >= 4 is 17.7 Å². The molecule has 0 saturated heterocycles. The summed E-state index contributed by atoms with van der Waals surface area (Å²) in [5.41, 5.74) is 8.11. The SMILES string of the molecule is [N-]=[N+]=NCCOCCOCCOCCOCCOCCOCCOCCNC(=O)CCN1C(=O)C=CC1=O. The molecule has 0 spiro atoms. The van der Waals surface area contributed by atoms with Crippen LogP contribution in [0.2, 0.25) is 0 Å². The van der Waals surface area contributed by atoms with Gasteiger partial charge in [-0.3, -0.25) is 19.3 Å². The van der Waals surface area contributed by atoms with E-state index in [9.17, 15) is 14.4 Å². The van der Waals surface area contributed by atoms with Gasteiger partial charge in [0.25, 0.3) is 11.8 Å². The van der Waals surface area contributed by atoms with Crippen molar-refractivity contribution in [2.75, 3.05) is 112 Å². The maximum absolute atomic E-state index is 11.7. The van der Waals surface area contributed by atoms with Crippen molar-refractivity contribution in [3.05, 3.63) is 22.6 Å². The Bertz CT molecular complexity index is 715. The van der Waals surface area contributed by atoms with E-state index in [1.165, 1.54) is 12.2 Å². The summed E-state index contributed by atoms with van der Waals surface area (Å²) in [5.74, 6) is -1.05. The van der Waals surface area contributed by atoms with Gasteiger partial charge in [-0.2, -0.15) is 0 Å². The Morgan fingerprint density at radius 3 is 1.53 bits per heavy atom. The van der Waals surface area contributed by atoms with Gasteiger partial charge in [-0.25, -0.2) is 0 Å². The molecule has 0 aromatic heterocycles. The second-order valence-corrected chi connectivity index (χ2v) is 7.50. The van der Waals surface area contributed by atoms with E-state index in [1.54, 1.807) is 0 Å². The average molecular weight is 546 g/mol. The fourth-order valence-corrected chi connectivity index (χ4v) is 2.79. The lowest BCUT2D eigenvalue weighted by molar-refractivity contribution is -0.137. The van der Waals surface area contributed by atoms with Gasteiger partial charge in [-0.1, -0.05) is 5.11 Å². The summed E-state index contributed by atoms with van der Waals surface area (Å²) in [5, 5.41) is 6.02. The number of carbonyl (C=O) groups is 3. The summed E-state index contributed by atoms with van der Waals surface area (Å²) in [6.07, 6.45) is 2.43. The minimum Gasteiger partial charge on any atom is -0.379 e. The highest BCUT2D eigenvalue weighted by molar-refractivity contribution is 6.13. The third kappa shape index (κ3) is 19.5. The second kappa shape index (κ2) is 24.7. The molecule has 1 aliphatic heterocycles. The summed E-state index contributed by atoms with van der Waals surface area (Å²) < 4.78 is 37.5. The molecule has 1 N–H and O–H groups in total. The summed E-state index contributed by atoms with van der Waals surface area (Å²) in [6, 6.07) is 0. The fraction of sp³-hybridized carbons (Fsp3) is 0.783. The van der Waals surface area contributed by atoms with Crippen LogP contribution in [0.4, 0.5) is 0 Å². The molecular formula is C23H39N5O10. The van der Waals surface area contributed by atoms with E-state index in [4.69, 9.17) is 38.7 Å². The molecule has 15 heteroatoms. The number of hydrogen-bond donors (Lipinski definition) is 1. The second-order valence-electron chi connectivity index (χ2n) is 7.50. The topological polar surface area (TPSA) is 180 Å². The van der Waals surface area contributed by atoms with Gasteiger partial charge in [-0.05, 0) is 5.53 Å². The van der Waals surface area contributed by atoms with Gasteiger partial charge in [0.2, 0.25) is 5.91 Å². The van der Waals surface area contributed by atoms with E-state index in [0.717, 1.165) is 4.90 Å². The minimum atomic E-state index is -0.398. The van der Waals surface area contributed by atoms with Gasteiger partial charge in [0.1, 0.15) is 0 Å². The minimum absolute atomic E-state index is 0.0532. The van der Waals surface area contributed by atoms with E-state index < -0.39 is 11.8 Å². The third-order valence-corrected chi connectivity index (χ3v) is 4.66. The summed E-state index contributed by atoms with van der Waals surface area (Å²) in [7, 11) is 0. The molecular weight excluding hydrogens is 506 g/mol. The van der Waals surface area contributed by atoms with Crippen molar-refractivity contribution in [1.82, 2.24) is 10.2 Å². The first kappa shape index (κ1) is 33.4. The zero-order valence-electron chi connectivity index (χ0n) is 21.8. The Balaban J connectivity index is 1.70. The molecule has 38 heavy (non-hydrogen) atoms. The molecule has 3 amide bonds. The molecule has 0 radical (unpaired) electrons. The van der Waals surface area contributed by atoms with Crippen LogP contribution in [-0.4, -0.2) is 135 Å². The number of ether oxygens (including phenoxy) is 7. The first-order chi connectivity index (χ1) is 18.6. The molecule has 0 bridgehead atoms. The van der Waals surface area contributed by atoms with Crippen LogP contribution in [0, 0.1) is 0 Å². The molecule has 1 rings (SSSR count). The number of rotatable bonds is 27. The Morgan fingerprint density at radius 1 is 0.711 bits per heavy atom. The summed E-state index contributed by atoms with van der Waals surface area (Å²) in [6.45, 7) is 6.80. The highest BCUT2D eigenvalue weighted by Gasteiger charge is 2.23. The van der Waals surface area contributed by atoms with Crippen LogP contribution < -0.4 is 5.32 Å². The standard InChI is InChI=1S/C23H39N5O10/c24-27-26-5-8-33-10-12-35-14-16-37-18-20-38-19-17-36-15-13-34-11-9-32-7-4-25-21(29)3-6-28-22(30)1-2-23(28)31/h1-2H,3-20H2,(H,25,29). The van der Waals surface area contributed by atoms with E-state index in [2.05, 4.69) is 15.3 Å². The molecule has 0 atom stereocenters. The van der Waals surface area contributed by atoms with Crippen molar-refractivity contribution in [2.45, 2.75) is 6.42 Å². The quantitative estimate of drug-likeness (QED) is 0.0479. The molecule has 0 unspecified atom stereocenters. The maximum atomic E-state index is 11.7. The van der Waals surface area contributed by atoms with E-state index in [1.807, 2.05) is 0 Å². The zero-order chi connectivity index (χ0) is 27.5. The third-order valence-electron chi connectivity index (χ3n) is 4.66. The predicted molar refractivity (Wildman–Crippen MR) is 133 cm³/mol. The lowest BCUT2D eigenvalue weighted by Gasteiger charge is -2.13. The lowest BCUT2D eigenvalue weighted by atomic mass is 10.3. The van der Waals surface area contributed by atoms with Crippen LogP contribution in [-0.2, 0) is 47.5 Å². The Morgan fingerprint density at radius 2 is 1.11 bits per heavy atom. The lowest BCUT2D eigenvalue weighted by Crippen LogP contribution is -2.35. The normalized spacial score (nSPS) is 12.8. The van der Waals surface area contributed by atoms with Gasteiger partial charge in [0.05, 0.1) is 92.5 Å². The Kier molecular flexibility index (Phi) is 21.7. The smallest absolute Gasteiger partial charge is 0.253 e. The van der Waals surface area contributed by atoms with Gasteiger partial charge < -0.3 is 38.5 Å². The largest absolute Gasteiger partial charge is 0.379 e. The monoisotopic (exact) mass is 545 g/mol. The van der Waals surface area contributed by atoms with Gasteiger partial charge in [-0.15, -0.1) is 0 Å². The van der Waals surface area contributed by atoms with Crippen molar-refractivity contribution in [1.29, 1.82) is 0 Å². The van der Waals surface area contributed by atoms with E-state index in [0.29, 0.717) is 106 Å². The van der Waals surface area contributed by atoms with Crippen LogP contribution in [0.3, 0.4) is 0 Å². The Labute approximate surface area is 222 Å². The number of imide groups is 1. The zero-order valence-corrected chi connectivity index (χ0v) is 21.8. The average Bonchev–Trinajstić information content (AvgIpc) is 3.24. The molecule has 15 nitrogen and oxygen atoms in total. The van der Waals surface area contributed by atoms with Crippen molar-refractivity contribution in [3.8, 4) is 0 Å². The van der Waals surface area contributed by atoms with Crippen molar-refractivity contribution < 1.29 is 47.5 Å². The van der Waals surface area contributed by atoms with Crippen LogP contribution in [0.15, 0.2) is 17.3 Å². The highest BCUT2D eigenvalue weighted by Crippen LogP contribution is 2.03. The number of hydrogen-bond acceptors (Lipinski definition) is 11. The maximum Gasteiger partial charge on any atom is 0.253 e. The number of amides is 3. The van der Waals surface area contributed by atoms with E-state index >= 15 is 0 Å².